The third-order valence-electron chi connectivity index (χ3n) is 4.05. The number of hydrogen-bond donors (Lipinski definition) is 1. The first-order valence-electron chi connectivity index (χ1n) is 8.60. The Kier molecular flexibility index (Phi) is 5.35. The number of amides is 1. The molecular formula is C21H14BrFN4O2. The molecule has 0 saturated carbocycles. The van der Waals surface area contributed by atoms with Gasteiger partial charge in [0.15, 0.2) is 10.4 Å². The number of para-hydroxylation sites is 1. The molecule has 0 radical (unpaired) electrons. The fraction of sp³-hybridized carbons (Fsp3) is 0. The number of halogens is 2. The second-order valence-electron chi connectivity index (χ2n) is 6.02. The van der Waals surface area contributed by atoms with Gasteiger partial charge in [0.05, 0.1) is 11.9 Å². The number of rotatable bonds is 5. The zero-order valence-electron chi connectivity index (χ0n) is 14.9. The number of nitrogens with zero attached hydrogens (tertiary/aromatic N) is 3. The standard InChI is InChI=1S/C21H14BrFN4O2/c22-19-11-10-18(29-19)21(28)25-24-12-15-13-27(17-4-2-1-3-5-17)26-20(15)14-6-8-16(23)9-7-14/h1-13H,(H,25,28)/b24-12-. The summed E-state index contributed by atoms with van der Waals surface area (Å²) in [7, 11) is 0. The van der Waals surface area contributed by atoms with E-state index in [1.807, 2.05) is 30.3 Å². The number of benzene rings is 2. The molecule has 0 aliphatic carbocycles. The molecule has 4 rings (SSSR count). The van der Waals surface area contributed by atoms with Crippen molar-refractivity contribution in [3.8, 4) is 16.9 Å². The predicted octanol–water partition coefficient (Wildman–Crippen LogP) is 4.80. The molecule has 2 heterocycles. The van der Waals surface area contributed by atoms with Crippen LogP contribution in [0.1, 0.15) is 16.1 Å². The number of hydrogen-bond acceptors (Lipinski definition) is 4. The minimum absolute atomic E-state index is 0.132. The van der Waals surface area contributed by atoms with Gasteiger partial charge >= 0.3 is 5.91 Å². The Hall–Kier alpha value is -3.52. The molecule has 0 aliphatic rings. The van der Waals surface area contributed by atoms with E-state index in [1.54, 1.807) is 29.1 Å². The summed E-state index contributed by atoms with van der Waals surface area (Å²) in [5.41, 5.74) is 5.26. The molecule has 1 amide bonds. The fourth-order valence-corrected chi connectivity index (χ4v) is 2.99. The van der Waals surface area contributed by atoms with Gasteiger partial charge < -0.3 is 4.42 Å². The lowest BCUT2D eigenvalue weighted by atomic mass is 10.1. The van der Waals surface area contributed by atoms with Crippen molar-refractivity contribution in [2.24, 2.45) is 5.10 Å². The van der Waals surface area contributed by atoms with E-state index in [0.29, 0.717) is 15.9 Å². The lowest BCUT2D eigenvalue weighted by Crippen LogP contribution is -2.16. The number of hydrazone groups is 1. The van der Waals surface area contributed by atoms with Gasteiger partial charge in [-0.1, -0.05) is 18.2 Å². The van der Waals surface area contributed by atoms with E-state index in [4.69, 9.17) is 4.42 Å². The van der Waals surface area contributed by atoms with E-state index >= 15 is 0 Å². The minimum atomic E-state index is -0.481. The van der Waals surface area contributed by atoms with Gasteiger partial charge in [0.1, 0.15) is 11.5 Å². The lowest BCUT2D eigenvalue weighted by Gasteiger charge is -2.00. The molecular weight excluding hydrogens is 439 g/mol. The largest absolute Gasteiger partial charge is 0.444 e. The van der Waals surface area contributed by atoms with Crippen LogP contribution in [0.15, 0.2) is 87.1 Å². The number of nitrogens with one attached hydrogen (secondary N) is 1. The van der Waals surface area contributed by atoms with Crippen LogP contribution >= 0.6 is 15.9 Å². The first-order chi connectivity index (χ1) is 14.1. The minimum Gasteiger partial charge on any atom is -0.444 e. The quantitative estimate of drug-likeness (QED) is 0.349. The highest BCUT2D eigenvalue weighted by Crippen LogP contribution is 2.23. The topological polar surface area (TPSA) is 72.4 Å². The van der Waals surface area contributed by atoms with Gasteiger partial charge in [-0.2, -0.15) is 10.2 Å². The molecule has 0 atom stereocenters. The molecule has 2 aromatic heterocycles. The average Bonchev–Trinajstić information content (AvgIpc) is 3.36. The molecule has 1 N–H and O–H groups in total. The molecule has 4 aromatic rings. The van der Waals surface area contributed by atoms with Crippen LogP contribution in [0.2, 0.25) is 0 Å². The Morgan fingerprint density at radius 3 is 2.55 bits per heavy atom. The van der Waals surface area contributed by atoms with Gasteiger partial charge in [0.2, 0.25) is 0 Å². The second kappa shape index (κ2) is 8.24. The number of aromatic nitrogens is 2. The highest BCUT2D eigenvalue weighted by atomic mass is 79.9. The molecule has 0 saturated heterocycles. The van der Waals surface area contributed by atoms with E-state index in [9.17, 15) is 9.18 Å². The maximum Gasteiger partial charge on any atom is 0.307 e. The van der Waals surface area contributed by atoms with Crippen molar-refractivity contribution in [1.29, 1.82) is 0 Å². The van der Waals surface area contributed by atoms with Gasteiger partial charge in [-0.05, 0) is 64.5 Å². The van der Waals surface area contributed by atoms with Crippen molar-refractivity contribution < 1.29 is 13.6 Å². The third-order valence-corrected chi connectivity index (χ3v) is 4.47. The Bertz CT molecular complexity index is 1170. The first-order valence-corrected chi connectivity index (χ1v) is 9.39. The average molecular weight is 453 g/mol. The normalized spacial score (nSPS) is 11.1. The zero-order valence-corrected chi connectivity index (χ0v) is 16.5. The van der Waals surface area contributed by atoms with Crippen molar-refractivity contribution >= 4 is 28.1 Å². The van der Waals surface area contributed by atoms with E-state index in [0.717, 1.165) is 11.3 Å². The summed E-state index contributed by atoms with van der Waals surface area (Å²) >= 11 is 3.15. The van der Waals surface area contributed by atoms with Gasteiger partial charge in [-0.3, -0.25) is 4.79 Å². The van der Waals surface area contributed by atoms with Crippen LogP contribution in [0.3, 0.4) is 0 Å². The van der Waals surface area contributed by atoms with Crippen LogP contribution in [-0.2, 0) is 0 Å². The van der Waals surface area contributed by atoms with Crippen molar-refractivity contribution in [1.82, 2.24) is 15.2 Å². The van der Waals surface area contributed by atoms with Crippen LogP contribution in [0.25, 0.3) is 16.9 Å². The molecule has 29 heavy (non-hydrogen) atoms. The molecule has 2 aromatic carbocycles. The molecule has 0 aliphatic heterocycles. The van der Waals surface area contributed by atoms with Crippen molar-refractivity contribution in [2.75, 3.05) is 0 Å². The summed E-state index contributed by atoms with van der Waals surface area (Å²) in [6, 6.07) is 18.7. The van der Waals surface area contributed by atoms with E-state index < -0.39 is 5.91 Å². The molecule has 6 nitrogen and oxygen atoms in total. The van der Waals surface area contributed by atoms with E-state index in [2.05, 4.69) is 31.6 Å². The molecule has 0 bridgehead atoms. The molecule has 0 spiro atoms. The van der Waals surface area contributed by atoms with Gasteiger partial charge in [-0.15, -0.1) is 0 Å². The molecule has 0 fully saturated rings. The monoisotopic (exact) mass is 452 g/mol. The maximum atomic E-state index is 13.3. The highest BCUT2D eigenvalue weighted by Gasteiger charge is 2.12. The number of carbonyl (C=O) groups excluding carboxylic acids is 1. The second-order valence-corrected chi connectivity index (χ2v) is 6.80. The predicted molar refractivity (Wildman–Crippen MR) is 110 cm³/mol. The summed E-state index contributed by atoms with van der Waals surface area (Å²) in [5.74, 6) is -0.679. The van der Waals surface area contributed by atoms with Gasteiger partial charge in [0.25, 0.3) is 0 Å². The Morgan fingerprint density at radius 1 is 1.10 bits per heavy atom. The smallest absolute Gasteiger partial charge is 0.307 e. The maximum absolute atomic E-state index is 13.3. The van der Waals surface area contributed by atoms with Crippen LogP contribution in [-0.4, -0.2) is 21.9 Å². The first kappa shape index (κ1) is 18.8. The molecule has 8 heteroatoms. The van der Waals surface area contributed by atoms with Crippen LogP contribution in [0.5, 0.6) is 0 Å². The third kappa shape index (κ3) is 4.33. The van der Waals surface area contributed by atoms with Crippen LogP contribution in [0, 0.1) is 5.82 Å². The SMILES string of the molecule is O=C(N/N=C\c1cn(-c2ccccc2)nc1-c1ccc(F)cc1)c1ccc(Br)o1. The summed E-state index contributed by atoms with van der Waals surface area (Å²) < 4.78 is 20.7. The summed E-state index contributed by atoms with van der Waals surface area (Å²) in [5, 5.41) is 8.62. The number of furan rings is 1. The molecule has 144 valence electrons. The van der Waals surface area contributed by atoms with Crippen LogP contribution < -0.4 is 5.43 Å². The summed E-state index contributed by atoms with van der Waals surface area (Å²) in [6.07, 6.45) is 3.27. The lowest BCUT2D eigenvalue weighted by molar-refractivity contribution is 0.0926. The highest BCUT2D eigenvalue weighted by molar-refractivity contribution is 9.10. The van der Waals surface area contributed by atoms with Crippen molar-refractivity contribution in [3.63, 3.8) is 0 Å². The Labute approximate surface area is 173 Å². The molecule has 0 unspecified atom stereocenters. The van der Waals surface area contributed by atoms with Crippen molar-refractivity contribution in [2.45, 2.75) is 0 Å². The zero-order chi connectivity index (χ0) is 20.2. The Balaban J connectivity index is 1.64. The van der Waals surface area contributed by atoms with Crippen LogP contribution in [0.4, 0.5) is 4.39 Å². The summed E-state index contributed by atoms with van der Waals surface area (Å²) in [4.78, 5) is 12.1. The summed E-state index contributed by atoms with van der Waals surface area (Å²) in [6.45, 7) is 0. The van der Waals surface area contributed by atoms with E-state index in [-0.39, 0.29) is 11.6 Å². The van der Waals surface area contributed by atoms with Gasteiger partial charge in [-0.25, -0.2) is 14.5 Å². The van der Waals surface area contributed by atoms with Gasteiger partial charge in [0, 0.05) is 17.3 Å². The van der Waals surface area contributed by atoms with E-state index in [1.165, 1.54) is 24.4 Å². The number of carbonyl (C=O) groups is 1. The van der Waals surface area contributed by atoms with Crippen molar-refractivity contribution in [3.05, 3.63) is 94.7 Å². The fourth-order valence-electron chi connectivity index (χ4n) is 2.68. The Morgan fingerprint density at radius 2 is 1.86 bits per heavy atom.